The van der Waals surface area contributed by atoms with Crippen LogP contribution in [-0.4, -0.2) is 0 Å². The van der Waals surface area contributed by atoms with E-state index in [4.69, 9.17) is 0 Å². The molecule has 2 rings (SSSR count). The van der Waals surface area contributed by atoms with Crippen LogP contribution < -0.4 is 0 Å². The van der Waals surface area contributed by atoms with Gasteiger partial charge in [-0.15, -0.1) is 0 Å². The minimum absolute atomic E-state index is 0.547. The third-order valence-electron chi connectivity index (χ3n) is 5.30. The zero-order chi connectivity index (χ0) is 16.7. The summed E-state index contributed by atoms with van der Waals surface area (Å²) in [7, 11) is 0. The van der Waals surface area contributed by atoms with Crippen molar-refractivity contribution in [3.63, 3.8) is 0 Å². The summed E-state index contributed by atoms with van der Waals surface area (Å²) in [4.78, 5) is 0. The van der Waals surface area contributed by atoms with E-state index in [1.165, 1.54) is 63.5 Å². The van der Waals surface area contributed by atoms with Crippen LogP contribution in [0.1, 0.15) is 75.8 Å². The van der Waals surface area contributed by atoms with Crippen molar-refractivity contribution in [2.45, 2.75) is 77.3 Å². The molecule has 0 atom stereocenters. The third kappa shape index (κ3) is 6.19. The summed E-state index contributed by atoms with van der Waals surface area (Å²) in [6.07, 6.45) is 8.51. The zero-order valence-electron chi connectivity index (χ0n) is 14.2. The first-order chi connectivity index (χ1) is 11.0. The molecule has 1 aliphatic rings. The van der Waals surface area contributed by atoms with Gasteiger partial charge >= 0.3 is 6.18 Å². The van der Waals surface area contributed by atoms with E-state index >= 15 is 0 Å². The van der Waals surface area contributed by atoms with E-state index in [2.05, 4.69) is 6.92 Å². The van der Waals surface area contributed by atoms with Crippen LogP contribution in [0.15, 0.2) is 24.3 Å². The molecular formula is C20H29F3. The molecule has 0 N–H and O–H groups in total. The molecule has 23 heavy (non-hydrogen) atoms. The Hall–Kier alpha value is -0.990. The summed E-state index contributed by atoms with van der Waals surface area (Å²) in [6, 6.07) is 5.69. The Labute approximate surface area is 138 Å². The Morgan fingerprint density at radius 3 is 1.96 bits per heavy atom. The molecule has 0 aliphatic heterocycles. The zero-order valence-corrected chi connectivity index (χ0v) is 14.2. The molecule has 1 aromatic rings. The standard InChI is InChI=1S/C20H29F3/c1-2-3-4-5-16-6-8-17(9-7-16)10-11-18-12-14-19(15-13-18)20(21,22)23/h12-17H,2-11H2,1H3/t16-,17-. The van der Waals surface area contributed by atoms with Crippen LogP contribution in [-0.2, 0) is 12.6 Å². The van der Waals surface area contributed by atoms with Gasteiger partial charge in [0, 0.05) is 0 Å². The Kier molecular flexibility index (Phi) is 6.98. The van der Waals surface area contributed by atoms with Crippen LogP contribution in [0.3, 0.4) is 0 Å². The maximum atomic E-state index is 12.5. The molecule has 130 valence electrons. The minimum Gasteiger partial charge on any atom is -0.166 e. The molecule has 1 aromatic carbocycles. The van der Waals surface area contributed by atoms with Crippen LogP contribution in [0, 0.1) is 11.8 Å². The highest BCUT2D eigenvalue weighted by molar-refractivity contribution is 5.24. The van der Waals surface area contributed by atoms with Crippen molar-refractivity contribution in [2.24, 2.45) is 11.8 Å². The smallest absolute Gasteiger partial charge is 0.166 e. The van der Waals surface area contributed by atoms with E-state index in [1.54, 1.807) is 12.1 Å². The van der Waals surface area contributed by atoms with E-state index in [9.17, 15) is 13.2 Å². The van der Waals surface area contributed by atoms with E-state index in [0.717, 1.165) is 30.2 Å². The molecule has 0 spiro atoms. The first-order valence-corrected chi connectivity index (χ1v) is 9.15. The van der Waals surface area contributed by atoms with Crippen molar-refractivity contribution >= 4 is 0 Å². The fourth-order valence-electron chi connectivity index (χ4n) is 3.72. The number of alkyl halides is 3. The van der Waals surface area contributed by atoms with Crippen molar-refractivity contribution in [1.82, 2.24) is 0 Å². The van der Waals surface area contributed by atoms with Crippen LogP contribution >= 0.6 is 0 Å². The largest absolute Gasteiger partial charge is 0.416 e. The molecule has 1 aliphatic carbocycles. The first kappa shape index (κ1) is 18.4. The van der Waals surface area contributed by atoms with Crippen LogP contribution in [0.4, 0.5) is 13.2 Å². The number of hydrogen-bond donors (Lipinski definition) is 0. The van der Waals surface area contributed by atoms with Crippen molar-refractivity contribution in [3.8, 4) is 0 Å². The van der Waals surface area contributed by atoms with Gasteiger partial charge in [0.1, 0.15) is 0 Å². The number of aryl methyl sites for hydroxylation is 1. The van der Waals surface area contributed by atoms with Gasteiger partial charge in [0.25, 0.3) is 0 Å². The molecule has 0 bridgehead atoms. The monoisotopic (exact) mass is 326 g/mol. The number of benzene rings is 1. The summed E-state index contributed by atoms with van der Waals surface area (Å²) >= 11 is 0. The molecule has 0 amide bonds. The van der Waals surface area contributed by atoms with E-state index in [0.29, 0.717) is 0 Å². The molecule has 3 heteroatoms. The molecule has 0 radical (unpaired) electrons. The van der Waals surface area contributed by atoms with Gasteiger partial charge in [-0.2, -0.15) is 13.2 Å². The molecule has 0 unspecified atom stereocenters. The topological polar surface area (TPSA) is 0 Å². The molecule has 0 aromatic heterocycles. The van der Waals surface area contributed by atoms with Gasteiger partial charge in [0.05, 0.1) is 5.56 Å². The van der Waals surface area contributed by atoms with E-state index < -0.39 is 11.7 Å². The lowest BCUT2D eigenvalue weighted by Crippen LogP contribution is -2.15. The molecule has 0 saturated heterocycles. The second-order valence-electron chi connectivity index (χ2n) is 7.12. The molecule has 0 heterocycles. The third-order valence-corrected chi connectivity index (χ3v) is 5.30. The van der Waals surface area contributed by atoms with Gasteiger partial charge in [-0.1, -0.05) is 70.4 Å². The van der Waals surface area contributed by atoms with Crippen LogP contribution in [0.25, 0.3) is 0 Å². The van der Waals surface area contributed by atoms with Crippen molar-refractivity contribution in [3.05, 3.63) is 35.4 Å². The van der Waals surface area contributed by atoms with Crippen LogP contribution in [0.2, 0.25) is 0 Å². The SMILES string of the molecule is CCCCC[C@H]1CC[C@H](CCc2ccc(C(F)(F)F)cc2)CC1. The summed E-state index contributed by atoms with van der Waals surface area (Å²) in [6.45, 7) is 2.25. The van der Waals surface area contributed by atoms with Crippen molar-refractivity contribution < 1.29 is 13.2 Å². The van der Waals surface area contributed by atoms with Gasteiger partial charge in [0.2, 0.25) is 0 Å². The first-order valence-electron chi connectivity index (χ1n) is 9.15. The Morgan fingerprint density at radius 1 is 0.870 bits per heavy atom. The lowest BCUT2D eigenvalue weighted by atomic mass is 9.78. The fourth-order valence-corrected chi connectivity index (χ4v) is 3.72. The second-order valence-corrected chi connectivity index (χ2v) is 7.12. The van der Waals surface area contributed by atoms with Crippen LogP contribution in [0.5, 0.6) is 0 Å². The van der Waals surface area contributed by atoms with Crippen molar-refractivity contribution in [1.29, 1.82) is 0 Å². The maximum Gasteiger partial charge on any atom is 0.416 e. The highest BCUT2D eigenvalue weighted by atomic mass is 19.4. The summed E-state index contributed by atoms with van der Waals surface area (Å²) < 4.78 is 37.6. The van der Waals surface area contributed by atoms with Gasteiger partial charge < -0.3 is 0 Å². The predicted molar refractivity (Wildman–Crippen MR) is 89.4 cm³/mol. The summed E-state index contributed by atoms with van der Waals surface area (Å²) in [5.74, 6) is 1.68. The maximum absolute atomic E-state index is 12.5. The van der Waals surface area contributed by atoms with Gasteiger partial charge in [0.15, 0.2) is 0 Å². The quantitative estimate of drug-likeness (QED) is 0.472. The molecular weight excluding hydrogens is 297 g/mol. The summed E-state index contributed by atoms with van der Waals surface area (Å²) in [5, 5.41) is 0. The second kappa shape index (κ2) is 8.75. The van der Waals surface area contributed by atoms with Gasteiger partial charge in [-0.05, 0) is 42.4 Å². The van der Waals surface area contributed by atoms with E-state index in [1.807, 2.05) is 0 Å². The summed E-state index contributed by atoms with van der Waals surface area (Å²) in [5.41, 5.74) is 0.483. The van der Waals surface area contributed by atoms with Gasteiger partial charge in [-0.3, -0.25) is 0 Å². The van der Waals surface area contributed by atoms with Gasteiger partial charge in [-0.25, -0.2) is 0 Å². The number of halogens is 3. The number of unbranched alkanes of at least 4 members (excludes halogenated alkanes) is 2. The Morgan fingerprint density at radius 2 is 1.43 bits per heavy atom. The number of hydrogen-bond acceptors (Lipinski definition) is 0. The Balaban J connectivity index is 1.69. The molecule has 0 nitrogen and oxygen atoms in total. The molecule has 1 fully saturated rings. The van der Waals surface area contributed by atoms with Crippen molar-refractivity contribution in [2.75, 3.05) is 0 Å². The fraction of sp³-hybridized carbons (Fsp3) is 0.700. The lowest BCUT2D eigenvalue weighted by Gasteiger charge is -2.28. The van der Waals surface area contributed by atoms with E-state index in [-0.39, 0.29) is 0 Å². The average molecular weight is 326 g/mol. The predicted octanol–water partition coefficient (Wildman–Crippen LogP) is 7.02. The lowest BCUT2D eigenvalue weighted by molar-refractivity contribution is -0.137. The number of rotatable bonds is 7. The average Bonchev–Trinajstić information content (AvgIpc) is 2.54. The molecule has 1 saturated carbocycles. The Bertz CT molecular complexity index is 439. The minimum atomic E-state index is -4.23. The highest BCUT2D eigenvalue weighted by Gasteiger charge is 2.30. The normalized spacial score (nSPS) is 22.3. The highest BCUT2D eigenvalue weighted by Crippen LogP contribution is 2.34.